The van der Waals surface area contributed by atoms with Crippen molar-refractivity contribution < 1.29 is 51.5 Å². The molecule has 7 unspecified atom stereocenters. The van der Waals surface area contributed by atoms with E-state index in [0.717, 1.165) is 17.4 Å². The summed E-state index contributed by atoms with van der Waals surface area (Å²) in [6, 6.07) is 0. The molecule has 0 aliphatic heterocycles. The fourth-order valence-corrected chi connectivity index (χ4v) is 9.25. The van der Waals surface area contributed by atoms with Crippen LogP contribution in [-0.4, -0.2) is 56.0 Å². The highest BCUT2D eigenvalue weighted by molar-refractivity contribution is 5.90. The van der Waals surface area contributed by atoms with Gasteiger partial charge in [0.25, 0.3) is 0 Å². The molecule has 5 rings (SSSR count). The highest BCUT2D eigenvalue weighted by Gasteiger charge is 2.72. The number of aliphatic hydroxyl groups is 1. The van der Waals surface area contributed by atoms with Gasteiger partial charge >= 0.3 is 17.9 Å². The molecule has 0 amide bonds. The lowest BCUT2D eigenvalue weighted by Crippen LogP contribution is -2.45. The van der Waals surface area contributed by atoms with E-state index in [-0.39, 0.29) is 71.9 Å². The fourth-order valence-electron chi connectivity index (χ4n) is 9.25. The van der Waals surface area contributed by atoms with E-state index in [9.17, 15) is 39.3 Å². The van der Waals surface area contributed by atoms with Crippen molar-refractivity contribution in [3.63, 3.8) is 0 Å². The number of Topliss-reactive ketones (excluding diaryl/α,β-unsaturated/α-hetero) is 1. The Morgan fingerprint density at radius 3 is 1.78 bits per heavy atom. The summed E-state index contributed by atoms with van der Waals surface area (Å²) < 4.78 is 0. The van der Waals surface area contributed by atoms with Crippen molar-refractivity contribution >= 4 is 30.0 Å². The normalized spacial score (nSPS) is 36.5. The summed E-state index contributed by atoms with van der Waals surface area (Å²) in [7, 11) is 0. The van der Waals surface area contributed by atoms with Crippen molar-refractivity contribution in [3.8, 4) is 0 Å². The molecule has 0 aromatic rings. The van der Waals surface area contributed by atoms with Crippen molar-refractivity contribution in [2.75, 3.05) is 0 Å². The van der Waals surface area contributed by atoms with Gasteiger partial charge in [-0.05, 0) is 93.3 Å². The maximum atomic E-state index is 13.9. The van der Waals surface area contributed by atoms with E-state index in [1.807, 2.05) is 6.92 Å². The lowest BCUT2D eigenvalue weighted by Gasteiger charge is -2.41. The van der Waals surface area contributed by atoms with Crippen molar-refractivity contribution in [1.82, 2.24) is 0 Å². The molecule has 5 saturated carbocycles. The number of allylic oxidation sites excluding steroid dienone is 2. The Balaban J connectivity index is -0.00000142. The standard InChI is InChI=1S/C30H38O6.C3H6O2.C3H6O.5H2/c1-15-5-8-20(18(4)28(34)35)12-24-21(15)13-25-29(9-10-30(24,25)36)23-11-19(17(3)27(32)33)7-6-16(2)22(23)14-26(29)31;1-2-3(4)5;1-2-3-4;;;;;/h19-25,36H,1-14H2,(H,32,33)(H,34,35);2H2,1H3,(H,4,5);3H,2H2,1H3;5*1H/t19?,20?,21?,22?,23?,24?,25?,29-,30+;;;;;;;/m1......./s1. The van der Waals surface area contributed by atoms with Gasteiger partial charge < -0.3 is 25.2 Å². The molecule has 45 heavy (non-hydrogen) atoms. The molecule has 0 aromatic heterocycles. The van der Waals surface area contributed by atoms with Gasteiger partial charge in [-0.25, -0.2) is 9.59 Å². The van der Waals surface area contributed by atoms with Crippen LogP contribution in [0.25, 0.3) is 0 Å². The van der Waals surface area contributed by atoms with E-state index in [2.05, 4.69) is 26.3 Å². The minimum Gasteiger partial charge on any atom is -0.481 e. The molecule has 258 valence electrons. The van der Waals surface area contributed by atoms with Crippen LogP contribution in [0.1, 0.15) is 98.0 Å². The molecule has 5 fully saturated rings. The second-order valence-corrected chi connectivity index (χ2v) is 13.6. The van der Waals surface area contributed by atoms with Crippen LogP contribution in [0.15, 0.2) is 48.6 Å². The lowest BCUT2D eigenvalue weighted by atomic mass is 9.63. The van der Waals surface area contributed by atoms with Crippen LogP contribution >= 0.6 is 0 Å². The fraction of sp³-hybridized carbons (Fsp3) is 0.639. The number of aldehydes is 1. The summed E-state index contributed by atoms with van der Waals surface area (Å²) in [5, 5.41) is 39.3. The Morgan fingerprint density at radius 2 is 1.33 bits per heavy atom. The van der Waals surface area contributed by atoms with Crippen molar-refractivity contribution in [2.24, 2.45) is 46.8 Å². The lowest BCUT2D eigenvalue weighted by molar-refractivity contribution is -0.137. The Hall–Kier alpha value is -3.33. The van der Waals surface area contributed by atoms with Crippen LogP contribution in [0.4, 0.5) is 0 Å². The number of rotatable bonds is 6. The molecule has 5 aliphatic carbocycles. The third kappa shape index (κ3) is 6.79. The van der Waals surface area contributed by atoms with Gasteiger partial charge in [-0.2, -0.15) is 0 Å². The number of ketones is 1. The SMILES string of the molecule is C=C(C(=O)O)C1CCC(=C)C2CC3[C@](O)(CC[C@]34C(=O)CC3C(=C)CCC(C(=C)C(=O)O)CC34)C2C1.CCC(=O)O.CCC=O.[HH].[HH].[HH].[HH].[HH]. The summed E-state index contributed by atoms with van der Waals surface area (Å²) >= 11 is 0. The summed E-state index contributed by atoms with van der Waals surface area (Å²) in [5.41, 5.74) is 0.697. The molecule has 1 spiro atoms. The van der Waals surface area contributed by atoms with Gasteiger partial charge in [0.1, 0.15) is 12.1 Å². The molecule has 9 heteroatoms. The van der Waals surface area contributed by atoms with E-state index < -0.39 is 28.9 Å². The Bertz CT molecular complexity index is 1290. The predicted molar refractivity (Wildman–Crippen MR) is 180 cm³/mol. The average molecular weight is 637 g/mol. The van der Waals surface area contributed by atoms with Gasteiger partial charge in [-0.15, -0.1) is 0 Å². The number of fused-ring (bicyclic) bond motifs is 6. The quantitative estimate of drug-likeness (QED) is 0.133. The first kappa shape index (κ1) is 36.1. The maximum absolute atomic E-state index is 13.9. The van der Waals surface area contributed by atoms with Crippen LogP contribution in [0.3, 0.4) is 0 Å². The van der Waals surface area contributed by atoms with Gasteiger partial charge in [-0.1, -0.05) is 51.3 Å². The summed E-state index contributed by atoms with van der Waals surface area (Å²) in [5.74, 6) is -3.35. The average Bonchev–Trinajstić information content (AvgIpc) is 3.46. The molecule has 0 aromatic carbocycles. The number of aliphatic carboxylic acids is 3. The molecular formula is C36H60O9. The predicted octanol–water partition coefficient (Wildman–Crippen LogP) is 7.26. The highest BCUT2D eigenvalue weighted by Crippen LogP contribution is 2.71. The molecule has 9 nitrogen and oxygen atoms in total. The van der Waals surface area contributed by atoms with Crippen molar-refractivity contribution in [3.05, 3.63) is 48.6 Å². The monoisotopic (exact) mass is 636 g/mol. The van der Waals surface area contributed by atoms with E-state index >= 15 is 0 Å². The first-order valence-corrected chi connectivity index (χ1v) is 16.2. The number of carbonyl (C=O) groups excluding carboxylic acids is 2. The first-order chi connectivity index (χ1) is 21.1. The second kappa shape index (κ2) is 14.4. The van der Waals surface area contributed by atoms with E-state index in [0.29, 0.717) is 70.6 Å². The van der Waals surface area contributed by atoms with Crippen LogP contribution in [0, 0.1) is 46.8 Å². The maximum Gasteiger partial charge on any atom is 0.331 e. The third-order valence-corrected chi connectivity index (χ3v) is 11.6. The third-order valence-electron chi connectivity index (χ3n) is 11.6. The molecular weight excluding hydrogens is 576 g/mol. The molecule has 4 N–H and O–H groups in total. The number of hydrogen-bond donors (Lipinski definition) is 4. The van der Waals surface area contributed by atoms with Crippen LogP contribution < -0.4 is 0 Å². The minimum atomic E-state index is -1.06. The Labute approximate surface area is 273 Å². The Kier molecular flexibility index (Phi) is 11.6. The summed E-state index contributed by atoms with van der Waals surface area (Å²) in [6.45, 7) is 19.8. The molecule has 0 radical (unpaired) electrons. The Morgan fingerprint density at radius 1 is 0.867 bits per heavy atom. The van der Waals surface area contributed by atoms with Gasteiger partial charge in [0, 0.05) is 48.9 Å². The summed E-state index contributed by atoms with van der Waals surface area (Å²) in [6.07, 6.45) is 7.80. The van der Waals surface area contributed by atoms with Gasteiger partial charge in [-0.3, -0.25) is 9.59 Å². The zero-order chi connectivity index (χ0) is 33.9. The molecule has 9 atom stereocenters. The van der Waals surface area contributed by atoms with Gasteiger partial charge in [0.2, 0.25) is 0 Å². The van der Waals surface area contributed by atoms with Gasteiger partial charge in [0.15, 0.2) is 0 Å². The number of hydrogen-bond acceptors (Lipinski definition) is 6. The zero-order valence-corrected chi connectivity index (χ0v) is 26.8. The zero-order valence-electron chi connectivity index (χ0n) is 26.8. The second-order valence-electron chi connectivity index (χ2n) is 13.6. The molecule has 0 saturated heterocycles. The van der Waals surface area contributed by atoms with Crippen LogP contribution in [0.2, 0.25) is 0 Å². The topological polar surface area (TPSA) is 166 Å². The van der Waals surface area contributed by atoms with Crippen molar-refractivity contribution in [2.45, 2.75) is 96.5 Å². The number of carboxylic acids is 3. The highest BCUT2D eigenvalue weighted by atomic mass is 16.4. The molecule has 0 heterocycles. The van der Waals surface area contributed by atoms with Gasteiger partial charge in [0.05, 0.1) is 5.60 Å². The molecule has 0 bridgehead atoms. The first-order valence-electron chi connectivity index (χ1n) is 16.2. The molecule has 5 aliphatic rings. The van der Waals surface area contributed by atoms with E-state index in [4.69, 9.17) is 5.11 Å². The van der Waals surface area contributed by atoms with Crippen molar-refractivity contribution in [1.29, 1.82) is 0 Å². The van der Waals surface area contributed by atoms with Crippen LogP contribution in [-0.2, 0) is 24.0 Å². The minimum absolute atomic E-state index is 0. The smallest absolute Gasteiger partial charge is 0.331 e. The largest absolute Gasteiger partial charge is 0.481 e. The summed E-state index contributed by atoms with van der Waals surface area (Å²) in [4.78, 5) is 56.0. The van der Waals surface area contributed by atoms with E-state index in [1.54, 1.807) is 6.92 Å². The number of carbonyl (C=O) groups is 5. The van der Waals surface area contributed by atoms with Crippen LogP contribution in [0.5, 0.6) is 0 Å². The number of carboxylic acid groups (broad SMARTS) is 3. The van der Waals surface area contributed by atoms with E-state index in [1.165, 1.54) is 0 Å².